The fourth-order valence-corrected chi connectivity index (χ4v) is 3.59. The molecule has 1 heterocycles. The van der Waals surface area contributed by atoms with Crippen LogP contribution in [0.3, 0.4) is 0 Å². The number of carbonyl (C=O) groups excluding carboxylic acids is 1. The quantitative estimate of drug-likeness (QED) is 0.695. The molecule has 1 aliphatic rings. The van der Waals surface area contributed by atoms with Crippen LogP contribution in [0, 0.1) is 5.92 Å². The van der Waals surface area contributed by atoms with Gasteiger partial charge in [-0.2, -0.15) is 0 Å². The summed E-state index contributed by atoms with van der Waals surface area (Å²) < 4.78 is 29.5. The fraction of sp³-hybridized carbons (Fsp3) is 0.818. The van der Waals surface area contributed by atoms with Crippen molar-refractivity contribution in [2.24, 2.45) is 5.92 Å². The average Bonchev–Trinajstić information content (AvgIpc) is 2.36. The summed E-state index contributed by atoms with van der Waals surface area (Å²) in [6.07, 6.45) is 2.00. The van der Waals surface area contributed by atoms with Crippen molar-refractivity contribution >= 4 is 22.0 Å². The second kappa shape index (κ2) is 6.85. The lowest BCUT2D eigenvalue weighted by atomic mass is 9.95. The Morgan fingerprint density at radius 1 is 1.42 bits per heavy atom. The smallest absolute Gasteiger partial charge is 0.322 e. The van der Waals surface area contributed by atoms with E-state index in [0.717, 1.165) is 13.5 Å². The molecule has 1 saturated heterocycles. The minimum Gasteiger partial charge on any atom is -0.481 e. The van der Waals surface area contributed by atoms with Crippen molar-refractivity contribution in [3.63, 3.8) is 0 Å². The number of methoxy groups -OCH3 is 1. The van der Waals surface area contributed by atoms with Crippen LogP contribution in [0.4, 0.5) is 0 Å². The van der Waals surface area contributed by atoms with Gasteiger partial charge in [0.15, 0.2) is 5.75 Å². The number of esters is 1. The minimum absolute atomic E-state index is 0.0373. The van der Waals surface area contributed by atoms with E-state index in [1.807, 2.05) is 0 Å². The molecular formula is C11H19NO6S. The molecule has 0 aromatic heterocycles. The number of hydrogen-bond donors (Lipinski definition) is 1. The van der Waals surface area contributed by atoms with E-state index in [0.29, 0.717) is 19.4 Å². The van der Waals surface area contributed by atoms with Crippen LogP contribution >= 0.6 is 0 Å². The number of piperidine rings is 1. The number of nitrogens with zero attached hydrogens (tertiary/aromatic N) is 1. The minimum atomic E-state index is -3.65. The van der Waals surface area contributed by atoms with Crippen LogP contribution in [-0.4, -0.2) is 55.7 Å². The number of carbonyl (C=O) groups is 2. The van der Waals surface area contributed by atoms with Crippen molar-refractivity contribution in [2.45, 2.75) is 25.7 Å². The first-order chi connectivity index (χ1) is 8.85. The van der Waals surface area contributed by atoms with Crippen molar-refractivity contribution in [2.75, 3.05) is 26.0 Å². The third kappa shape index (κ3) is 5.15. The third-order valence-electron chi connectivity index (χ3n) is 3.17. The summed E-state index contributed by atoms with van der Waals surface area (Å²) in [7, 11) is -2.51. The molecule has 1 N–H and O–H groups in total. The topological polar surface area (TPSA) is 101 Å². The van der Waals surface area contributed by atoms with E-state index < -0.39 is 27.7 Å². The van der Waals surface area contributed by atoms with Crippen molar-refractivity contribution in [3.8, 4) is 0 Å². The number of carboxylic acids is 1. The van der Waals surface area contributed by atoms with E-state index in [1.165, 1.54) is 4.31 Å². The van der Waals surface area contributed by atoms with Gasteiger partial charge in [-0.1, -0.05) is 0 Å². The van der Waals surface area contributed by atoms with Gasteiger partial charge in [-0.25, -0.2) is 12.7 Å². The molecular weight excluding hydrogens is 274 g/mol. The molecule has 0 spiro atoms. The number of hydrogen-bond acceptors (Lipinski definition) is 5. The largest absolute Gasteiger partial charge is 0.481 e. The molecule has 1 unspecified atom stereocenters. The van der Waals surface area contributed by atoms with Crippen molar-refractivity contribution in [3.05, 3.63) is 0 Å². The van der Waals surface area contributed by atoms with Crippen LogP contribution in [-0.2, 0) is 24.3 Å². The molecule has 0 bridgehead atoms. The Morgan fingerprint density at radius 3 is 2.68 bits per heavy atom. The van der Waals surface area contributed by atoms with E-state index in [2.05, 4.69) is 4.74 Å². The average molecular weight is 293 g/mol. The van der Waals surface area contributed by atoms with Gasteiger partial charge in [0.05, 0.1) is 7.11 Å². The molecule has 0 aromatic carbocycles. The van der Waals surface area contributed by atoms with Crippen LogP contribution in [0.15, 0.2) is 0 Å². The van der Waals surface area contributed by atoms with Crippen molar-refractivity contribution < 1.29 is 27.9 Å². The molecule has 8 heteroatoms. The predicted molar refractivity (Wildman–Crippen MR) is 67.0 cm³/mol. The highest BCUT2D eigenvalue weighted by atomic mass is 32.2. The Morgan fingerprint density at radius 2 is 2.11 bits per heavy atom. The Kier molecular flexibility index (Phi) is 5.74. The van der Waals surface area contributed by atoms with Crippen LogP contribution in [0.1, 0.15) is 25.7 Å². The molecule has 0 aliphatic carbocycles. The lowest BCUT2D eigenvalue weighted by Gasteiger charge is -2.31. The molecule has 1 aliphatic heterocycles. The van der Waals surface area contributed by atoms with Crippen LogP contribution in [0.25, 0.3) is 0 Å². The summed E-state index contributed by atoms with van der Waals surface area (Å²) in [6, 6.07) is 0. The molecule has 1 fully saturated rings. The van der Waals surface area contributed by atoms with Gasteiger partial charge in [-0.05, 0) is 25.2 Å². The first-order valence-electron chi connectivity index (χ1n) is 6.11. The van der Waals surface area contributed by atoms with Gasteiger partial charge in [-0.15, -0.1) is 0 Å². The van der Waals surface area contributed by atoms with Gasteiger partial charge in [0, 0.05) is 19.5 Å². The normalized spacial score (nSPS) is 21.0. The molecule has 0 saturated carbocycles. The maximum atomic E-state index is 11.9. The summed E-state index contributed by atoms with van der Waals surface area (Å²) >= 11 is 0. The van der Waals surface area contributed by atoms with E-state index in [1.54, 1.807) is 0 Å². The molecule has 7 nitrogen and oxygen atoms in total. The Labute approximate surface area is 112 Å². The molecule has 1 atom stereocenters. The predicted octanol–water partition coefficient (Wildman–Crippen LogP) is 0.0660. The van der Waals surface area contributed by atoms with E-state index >= 15 is 0 Å². The molecule has 0 aromatic rings. The number of ether oxygens (including phenoxy) is 1. The number of aliphatic carboxylic acids is 1. The number of carboxylic acid groups (broad SMARTS) is 1. The maximum Gasteiger partial charge on any atom is 0.322 e. The molecule has 1 rings (SSSR count). The van der Waals surface area contributed by atoms with Gasteiger partial charge >= 0.3 is 11.9 Å². The molecule has 19 heavy (non-hydrogen) atoms. The number of rotatable bonds is 6. The summed E-state index contributed by atoms with van der Waals surface area (Å²) in [5.41, 5.74) is 0. The highest BCUT2D eigenvalue weighted by Crippen LogP contribution is 2.23. The lowest BCUT2D eigenvalue weighted by molar-refractivity contribution is -0.138. The van der Waals surface area contributed by atoms with Crippen LogP contribution in [0.2, 0.25) is 0 Å². The summed E-state index contributed by atoms with van der Waals surface area (Å²) in [4.78, 5) is 21.6. The monoisotopic (exact) mass is 293 g/mol. The zero-order chi connectivity index (χ0) is 14.5. The van der Waals surface area contributed by atoms with E-state index in [-0.39, 0.29) is 18.9 Å². The SMILES string of the molecule is COC(=O)CS(=O)(=O)N1CCCC(CCC(=O)O)C1. The summed E-state index contributed by atoms with van der Waals surface area (Å²) in [5, 5.41) is 8.63. The zero-order valence-electron chi connectivity index (χ0n) is 10.9. The third-order valence-corrected chi connectivity index (χ3v) is 4.89. The van der Waals surface area contributed by atoms with Crippen LogP contribution < -0.4 is 0 Å². The fourth-order valence-electron chi connectivity index (χ4n) is 2.14. The summed E-state index contributed by atoms with van der Waals surface area (Å²) in [5.74, 6) is -2.28. The Balaban J connectivity index is 2.58. The standard InChI is InChI=1S/C11H19NO6S/c1-18-11(15)8-19(16,17)12-6-2-3-9(7-12)4-5-10(13)14/h9H,2-8H2,1H3,(H,13,14). The van der Waals surface area contributed by atoms with Crippen LogP contribution in [0.5, 0.6) is 0 Å². The first kappa shape index (κ1) is 15.9. The van der Waals surface area contributed by atoms with E-state index in [4.69, 9.17) is 5.11 Å². The van der Waals surface area contributed by atoms with Gasteiger partial charge in [0.25, 0.3) is 0 Å². The zero-order valence-corrected chi connectivity index (χ0v) is 11.7. The van der Waals surface area contributed by atoms with Gasteiger partial charge < -0.3 is 9.84 Å². The molecule has 0 radical (unpaired) electrons. The van der Waals surface area contributed by atoms with Gasteiger partial charge in [0.2, 0.25) is 10.0 Å². The Bertz CT molecular complexity index is 432. The lowest BCUT2D eigenvalue weighted by Crippen LogP contribution is -2.42. The summed E-state index contributed by atoms with van der Waals surface area (Å²) in [6.45, 7) is 0.662. The molecule has 0 amide bonds. The maximum absolute atomic E-state index is 11.9. The number of sulfonamides is 1. The van der Waals surface area contributed by atoms with Crippen molar-refractivity contribution in [1.29, 1.82) is 0 Å². The van der Waals surface area contributed by atoms with Crippen molar-refractivity contribution in [1.82, 2.24) is 4.31 Å². The highest BCUT2D eigenvalue weighted by Gasteiger charge is 2.30. The van der Waals surface area contributed by atoms with E-state index in [9.17, 15) is 18.0 Å². The highest BCUT2D eigenvalue weighted by molar-refractivity contribution is 7.89. The second-order valence-corrected chi connectivity index (χ2v) is 6.60. The molecule has 110 valence electrons. The second-order valence-electron chi connectivity index (χ2n) is 4.63. The first-order valence-corrected chi connectivity index (χ1v) is 7.72. The van der Waals surface area contributed by atoms with Gasteiger partial charge in [-0.3, -0.25) is 9.59 Å². The van der Waals surface area contributed by atoms with Gasteiger partial charge in [0.1, 0.15) is 0 Å². The Hall–Kier alpha value is -1.15.